The van der Waals surface area contributed by atoms with Crippen molar-refractivity contribution in [2.24, 2.45) is 22.7 Å². The Labute approximate surface area is 368 Å². The summed E-state index contributed by atoms with van der Waals surface area (Å²) in [6.45, 7) is 11.9. The van der Waals surface area contributed by atoms with E-state index in [0.717, 1.165) is 11.8 Å². The van der Waals surface area contributed by atoms with Gasteiger partial charge in [-0.3, -0.25) is 0 Å². The Morgan fingerprint density at radius 2 is 0.875 bits per heavy atom. The summed E-state index contributed by atoms with van der Waals surface area (Å²) in [4.78, 5) is 0. The molecule has 0 saturated heterocycles. The zero-order valence-corrected chi connectivity index (χ0v) is 39.8. The zero-order valence-electron chi connectivity index (χ0n) is 34.7. The fourth-order valence-corrected chi connectivity index (χ4v) is 11.5. The van der Waals surface area contributed by atoms with Crippen molar-refractivity contribution in [1.82, 2.24) is 0 Å². The first-order valence-corrected chi connectivity index (χ1v) is 24.2. The van der Waals surface area contributed by atoms with E-state index in [1.54, 1.807) is 11.1 Å². The number of rotatable bonds is 6. The summed E-state index contributed by atoms with van der Waals surface area (Å²) in [6.07, 6.45) is 17.3. The summed E-state index contributed by atoms with van der Waals surface area (Å²) in [5, 5.41) is 5.70. The van der Waals surface area contributed by atoms with Crippen LogP contribution in [0.25, 0.3) is 43.8 Å². The minimum atomic E-state index is 0. The third kappa shape index (κ3) is 9.63. The van der Waals surface area contributed by atoms with Crippen molar-refractivity contribution in [3.63, 3.8) is 0 Å². The van der Waals surface area contributed by atoms with E-state index >= 15 is 0 Å². The van der Waals surface area contributed by atoms with Crippen LogP contribution < -0.4 is 0 Å². The molecule has 4 aliphatic carbocycles. The van der Waals surface area contributed by atoms with Crippen molar-refractivity contribution in [2.45, 2.75) is 105 Å². The van der Waals surface area contributed by atoms with Gasteiger partial charge in [0.05, 0.1) is 0 Å². The van der Waals surface area contributed by atoms with Crippen LogP contribution in [-0.2, 0) is 36.2 Å². The van der Waals surface area contributed by atoms with Crippen molar-refractivity contribution in [3.8, 4) is 22.3 Å². The monoisotopic (exact) mass is 874 g/mol. The summed E-state index contributed by atoms with van der Waals surface area (Å²) in [5.74, 6) is 2.07. The Morgan fingerprint density at radius 1 is 0.536 bits per heavy atom. The van der Waals surface area contributed by atoms with Crippen LogP contribution in [-0.4, -0.2) is 6.88 Å². The molecule has 0 aliphatic heterocycles. The molecule has 4 saturated carbocycles. The van der Waals surface area contributed by atoms with Crippen LogP contribution in [0.2, 0.25) is 0 Å². The Hall–Kier alpha value is -2.22. The maximum absolute atomic E-state index is 3.06. The third-order valence-electron chi connectivity index (χ3n) is 13.6. The predicted molar refractivity (Wildman–Crippen MR) is 247 cm³/mol. The average molecular weight is 877 g/mol. The second-order valence-corrected chi connectivity index (χ2v) is 17.7. The Bertz CT molecular complexity index is 2020. The number of hydrogen-bond acceptors (Lipinski definition) is 0. The van der Waals surface area contributed by atoms with Gasteiger partial charge in [0.15, 0.2) is 0 Å². The molecular weight excluding hydrogens is 815 g/mol. The summed E-state index contributed by atoms with van der Waals surface area (Å²) in [5.41, 5.74) is 15.3. The standard InChI is InChI=1S/2C25H27.2CH3.2ClH.Si.Zr/c2*1-17-10-18(2)12-22(11-17)23-5-3-4-21-13-20(14-24(21)23)16-25-8-6-19(15-25)7-9-25;;;;;;/h2*3-5,10-14,19H,6-9,15-16H2,1-2H3;2*1H3;2*1H;;/q4*-1;;;;. The van der Waals surface area contributed by atoms with Gasteiger partial charge in [-0.05, 0) is 139 Å². The van der Waals surface area contributed by atoms with Crippen LogP contribution in [0.3, 0.4) is 0 Å². The van der Waals surface area contributed by atoms with Gasteiger partial charge in [-0.25, -0.2) is 0 Å². The van der Waals surface area contributed by atoms with Gasteiger partial charge in [-0.1, -0.05) is 81.9 Å². The molecule has 6 aromatic carbocycles. The van der Waals surface area contributed by atoms with Gasteiger partial charge < -0.3 is 14.9 Å². The van der Waals surface area contributed by atoms with E-state index in [1.807, 2.05) is 0 Å². The molecule has 4 heteroatoms. The molecule has 0 atom stereocenters. The first kappa shape index (κ1) is 46.5. The van der Waals surface area contributed by atoms with E-state index in [0.29, 0.717) is 10.8 Å². The topological polar surface area (TPSA) is 0 Å². The van der Waals surface area contributed by atoms with Gasteiger partial charge in [0.2, 0.25) is 0 Å². The maximum atomic E-state index is 3.06. The van der Waals surface area contributed by atoms with Gasteiger partial charge in [-0.15, -0.1) is 93.9 Å². The Balaban J connectivity index is 0.000000223. The fourth-order valence-electron chi connectivity index (χ4n) is 11.5. The van der Waals surface area contributed by atoms with E-state index in [4.69, 9.17) is 0 Å². The van der Waals surface area contributed by atoms with Gasteiger partial charge in [0.25, 0.3) is 0 Å². The van der Waals surface area contributed by atoms with Crippen LogP contribution in [0.5, 0.6) is 0 Å². The second-order valence-electron chi connectivity index (χ2n) is 17.7. The normalized spacial score (nSPS) is 22.5. The molecule has 10 rings (SSSR count). The molecule has 0 nitrogen and oxygen atoms in total. The number of halogens is 2. The molecule has 0 N–H and O–H groups in total. The van der Waals surface area contributed by atoms with Crippen LogP contribution in [0, 0.1) is 65.2 Å². The molecular formula is C52H62Cl2SiZr-4. The molecule has 0 aromatic heterocycles. The number of benzene rings is 4. The Morgan fingerprint density at radius 3 is 1.18 bits per heavy atom. The van der Waals surface area contributed by atoms with Gasteiger partial charge >= 0.3 is 30.2 Å². The SMILES string of the molecule is Cc1cc(C)cc(-c2cccc3[cH-]c(CC45CCC(CC4)C5)cc23)c1.Cc1cc(C)cc(-c2cccc3[cH-]c(CC45CCC(CC4)C5)cc23)c1.Cl.Cl.[CH3-].[CH3-].[Si]=[Zr]. The van der Waals surface area contributed by atoms with E-state index in [-0.39, 0.29) is 39.7 Å². The average Bonchev–Trinajstić information content (AvgIpc) is 3.98. The number of aryl methyl sites for hydroxylation is 4. The number of fused-ring (bicyclic) bond motifs is 6. The van der Waals surface area contributed by atoms with E-state index < -0.39 is 0 Å². The molecule has 4 bridgehead atoms. The molecule has 0 spiro atoms. The zero-order chi connectivity index (χ0) is 36.0. The van der Waals surface area contributed by atoms with Crippen molar-refractivity contribution in [3.05, 3.63) is 145 Å². The molecule has 6 aromatic rings. The molecule has 296 valence electrons. The van der Waals surface area contributed by atoms with Crippen molar-refractivity contribution in [2.75, 3.05) is 0 Å². The van der Waals surface area contributed by atoms with E-state index in [2.05, 4.69) is 132 Å². The van der Waals surface area contributed by atoms with Crippen LogP contribution in [0.1, 0.15) is 97.6 Å². The molecule has 4 aliphatic rings. The fraction of sp³-hybridized carbons (Fsp3) is 0.385. The summed E-state index contributed by atoms with van der Waals surface area (Å²) in [6, 6.07) is 37.3. The molecule has 0 heterocycles. The Kier molecular flexibility index (Phi) is 16.0. The molecule has 0 amide bonds. The van der Waals surface area contributed by atoms with Gasteiger partial charge in [0.1, 0.15) is 0 Å². The molecule has 0 unspecified atom stereocenters. The van der Waals surface area contributed by atoms with Crippen molar-refractivity contribution in [1.29, 1.82) is 0 Å². The number of hydrogen-bond donors (Lipinski definition) is 0. The van der Waals surface area contributed by atoms with E-state index in [1.165, 1.54) is 166 Å². The van der Waals surface area contributed by atoms with Crippen LogP contribution in [0.15, 0.2) is 97.1 Å². The summed E-state index contributed by atoms with van der Waals surface area (Å²) in [7, 11) is 0. The quantitative estimate of drug-likeness (QED) is 0.116. The minimum absolute atomic E-state index is 0. The van der Waals surface area contributed by atoms with Gasteiger partial charge in [-0.2, -0.15) is 12.1 Å². The predicted octanol–water partition coefficient (Wildman–Crippen LogP) is 15.3. The summed E-state index contributed by atoms with van der Waals surface area (Å²) >= 11 is 1.36. The summed E-state index contributed by atoms with van der Waals surface area (Å²) < 4.78 is 0. The third-order valence-corrected chi connectivity index (χ3v) is 13.6. The van der Waals surface area contributed by atoms with E-state index in [9.17, 15) is 0 Å². The molecule has 56 heavy (non-hydrogen) atoms. The van der Waals surface area contributed by atoms with Crippen LogP contribution >= 0.6 is 24.8 Å². The molecule has 2 radical (unpaired) electrons. The van der Waals surface area contributed by atoms with Gasteiger partial charge in [0, 0.05) is 0 Å². The van der Waals surface area contributed by atoms with Crippen molar-refractivity contribution < 1.29 is 23.3 Å². The second kappa shape index (κ2) is 19.2. The molecule has 4 fully saturated rings. The van der Waals surface area contributed by atoms with Crippen LogP contribution in [0.4, 0.5) is 0 Å². The van der Waals surface area contributed by atoms with Crippen molar-refractivity contribution >= 4 is 53.2 Å². The first-order chi connectivity index (χ1) is 25.2. The first-order valence-electron chi connectivity index (χ1n) is 20.0.